The molecule has 0 fully saturated rings. The van der Waals surface area contributed by atoms with Gasteiger partial charge in [-0.1, -0.05) is 30.3 Å². The van der Waals surface area contributed by atoms with Crippen molar-refractivity contribution >= 4 is 0 Å². The fourth-order valence-electron chi connectivity index (χ4n) is 3.38. The van der Waals surface area contributed by atoms with Gasteiger partial charge in [0.25, 0.3) is 0 Å². The number of nitrogens with zero attached hydrogens (tertiary/aromatic N) is 5. The summed E-state index contributed by atoms with van der Waals surface area (Å²) >= 11 is 0. The molecule has 0 atom stereocenters. The molecule has 3 heterocycles. The predicted molar refractivity (Wildman–Crippen MR) is 93.5 cm³/mol. The van der Waals surface area contributed by atoms with Gasteiger partial charge in [0, 0.05) is 62.2 Å². The Morgan fingerprint density at radius 2 is 1.93 bits per heavy atom. The van der Waals surface area contributed by atoms with Gasteiger partial charge in [-0.15, -0.1) is 0 Å². The minimum absolute atomic E-state index is 0.474. The average Bonchev–Trinajstić information content (AvgIpc) is 3.01. The molecule has 0 saturated carbocycles. The van der Waals surface area contributed by atoms with E-state index in [4.69, 9.17) is 0 Å². The molecule has 5 nitrogen and oxygen atoms in total. The number of rotatable bonds is 3. The van der Waals surface area contributed by atoms with Crippen LogP contribution in [0.4, 0.5) is 13.2 Å². The van der Waals surface area contributed by atoms with Crippen LogP contribution in [0.1, 0.15) is 22.6 Å². The summed E-state index contributed by atoms with van der Waals surface area (Å²) in [5.41, 5.74) is 4.29. The zero-order valence-corrected chi connectivity index (χ0v) is 14.7. The highest BCUT2D eigenvalue weighted by Gasteiger charge is 2.35. The number of benzene rings is 1. The summed E-state index contributed by atoms with van der Waals surface area (Å²) in [4.78, 5) is 9.39. The Hall–Kier alpha value is -2.74. The molecule has 0 N–H and O–H groups in total. The van der Waals surface area contributed by atoms with Crippen LogP contribution in [0.15, 0.2) is 42.7 Å². The molecule has 0 aliphatic carbocycles. The molecule has 1 aliphatic rings. The van der Waals surface area contributed by atoms with E-state index in [0.717, 1.165) is 22.4 Å². The van der Waals surface area contributed by atoms with Gasteiger partial charge in [-0.05, 0) is 0 Å². The lowest BCUT2D eigenvalue weighted by atomic mass is 10.0. The smallest absolute Gasteiger partial charge is 0.294 e. The van der Waals surface area contributed by atoms with Gasteiger partial charge in [-0.25, -0.2) is 9.97 Å². The number of hydrogen-bond donors (Lipinski definition) is 0. The van der Waals surface area contributed by atoms with Crippen LogP contribution in [0.25, 0.3) is 11.3 Å². The van der Waals surface area contributed by atoms with Gasteiger partial charge in [0.05, 0.1) is 11.4 Å². The topological polar surface area (TPSA) is 46.8 Å². The largest absolute Gasteiger partial charge is 0.451 e. The van der Waals surface area contributed by atoms with E-state index in [-0.39, 0.29) is 0 Å². The van der Waals surface area contributed by atoms with Crippen LogP contribution >= 0.6 is 0 Å². The molecular weight excluding hydrogens is 355 g/mol. The summed E-state index contributed by atoms with van der Waals surface area (Å²) in [5, 5.41) is 4.57. The third-order valence-corrected chi connectivity index (χ3v) is 4.61. The van der Waals surface area contributed by atoms with Crippen LogP contribution in [-0.2, 0) is 32.7 Å². The molecule has 1 aliphatic heterocycles. The first kappa shape index (κ1) is 17.7. The van der Waals surface area contributed by atoms with Crippen molar-refractivity contribution < 1.29 is 13.2 Å². The van der Waals surface area contributed by atoms with Gasteiger partial charge in [0.1, 0.15) is 0 Å². The van der Waals surface area contributed by atoms with Crippen LogP contribution in [0.5, 0.6) is 0 Å². The number of aryl methyl sites for hydroxylation is 1. The monoisotopic (exact) mass is 373 g/mol. The van der Waals surface area contributed by atoms with Crippen molar-refractivity contribution in [3.05, 3.63) is 65.4 Å². The van der Waals surface area contributed by atoms with Gasteiger partial charge in [0.2, 0.25) is 5.82 Å². The van der Waals surface area contributed by atoms with Crippen molar-refractivity contribution in [2.24, 2.45) is 7.05 Å². The molecule has 0 bridgehead atoms. The van der Waals surface area contributed by atoms with Gasteiger partial charge >= 0.3 is 6.18 Å². The molecule has 27 heavy (non-hydrogen) atoms. The molecule has 3 aromatic rings. The Morgan fingerprint density at radius 1 is 1.15 bits per heavy atom. The number of hydrogen-bond acceptors (Lipinski definition) is 4. The van der Waals surface area contributed by atoms with E-state index in [9.17, 15) is 13.2 Å². The van der Waals surface area contributed by atoms with E-state index in [1.807, 2.05) is 43.6 Å². The van der Waals surface area contributed by atoms with Crippen LogP contribution in [0.3, 0.4) is 0 Å². The van der Waals surface area contributed by atoms with Crippen molar-refractivity contribution in [3.8, 4) is 11.3 Å². The van der Waals surface area contributed by atoms with Crippen molar-refractivity contribution in [2.45, 2.75) is 25.7 Å². The SMILES string of the molecule is Cn1cc(CN2CCc3nc(C(F)(F)F)ncc3C2)c(-c2ccccc2)n1. The maximum Gasteiger partial charge on any atom is 0.451 e. The van der Waals surface area contributed by atoms with E-state index >= 15 is 0 Å². The molecule has 8 heteroatoms. The van der Waals surface area contributed by atoms with Gasteiger partial charge in [-0.3, -0.25) is 9.58 Å². The molecule has 0 amide bonds. The highest BCUT2D eigenvalue weighted by molar-refractivity contribution is 5.62. The summed E-state index contributed by atoms with van der Waals surface area (Å²) in [6.45, 7) is 1.83. The van der Waals surface area contributed by atoms with Crippen LogP contribution in [0.2, 0.25) is 0 Å². The lowest BCUT2D eigenvalue weighted by Crippen LogP contribution is -2.31. The first-order valence-electron chi connectivity index (χ1n) is 8.62. The predicted octanol–water partition coefficient (Wildman–Crippen LogP) is 3.45. The molecule has 140 valence electrons. The van der Waals surface area contributed by atoms with Crippen LogP contribution in [0, 0.1) is 0 Å². The first-order chi connectivity index (χ1) is 12.9. The first-order valence-corrected chi connectivity index (χ1v) is 8.62. The zero-order valence-electron chi connectivity index (χ0n) is 14.7. The highest BCUT2D eigenvalue weighted by atomic mass is 19.4. The minimum atomic E-state index is -4.51. The van der Waals surface area contributed by atoms with Gasteiger partial charge < -0.3 is 0 Å². The Bertz CT molecular complexity index is 950. The Morgan fingerprint density at radius 3 is 2.67 bits per heavy atom. The maximum absolute atomic E-state index is 12.8. The summed E-state index contributed by atoms with van der Waals surface area (Å²) in [6.07, 6.45) is -0.742. The van der Waals surface area contributed by atoms with Crippen LogP contribution in [-0.4, -0.2) is 31.2 Å². The fourth-order valence-corrected chi connectivity index (χ4v) is 3.38. The molecule has 0 radical (unpaired) electrons. The second kappa shape index (κ2) is 6.77. The van der Waals surface area contributed by atoms with E-state index in [2.05, 4.69) is 20.0 Å². The third-order valence-electron chi connectivity index (χ3n) is 4.61. The average molecular weight is 373 g/mol. The Labute approximate surface area is 154 Å². The molecule has 0 unspecified atom stereocenters. The summed E-state index contributed by atoms with van der Waals surface area (Å²) in [6, 6.07) is 9.94. The maximum atomic E-state index is 12.8. The lowest BCUT2D eigenvalue weighted by molar-refractivity contribution is -0.145. The summed E-state index contributed by atoms with van der Waals surface area (Å²) in [7, 11) is 1.88. The van der Waals surface area contributed by atoms with E-state index in [1.165, 1.54) is 6.20 Å². The fraction of sp³-hybridized carbons (Fsp3) is 0.316. The normalized spacial score (nSPS) is 15.0. The quantitative estimate of drug-likeness (QED) is 0.706. The van der Waals surface area contributed by atoms with E-state index < -0.39 is 12.0 Å². The molecule has 4 rings (SSSR count). The number of halogens is 3. The molecular formula is C19H18F3N5. The zero-order chi connectivity index (χ0) is 19.0. The van der Waals surface area contributed by atoms with E-state index in [0.29, 0.717) is 31.7 Å². The Balaban J connectivity index is 1.55. The van der Waals surface area contributed by atoms with Crippen molar-refractivity contribution in [2.75, 3.05) is 6.54 Å². The van der Waals surface area contributed by atoms with E-state index in [1.54, 1.807) is 4.68 Å². The number of aromatic nitrogens is 4. The highest BCUT2D eigenvalue weighted by Crippen LogP contribution is 2.29. The third kappa shape index (κ3) is 3.71. The minimum Gasteiger partial charge on any atom is -0.294 e. The number of alkyl halides is 3. The van der Waals surface area contributed by atoms with Crippen LogP contribution < -0.4 is 0 Å². The standard InChI is InChI=1S/C19H18F3N5/c1-26-10-15(17(25-26)13-5-3-2-4-6-13)12-27-8-7-16-14(11-27)9-23-18(24-16)19(20,21)22/h2-6,9-10H,7-8,11-12H2,1H3. The Kier molecular flexibility index (Phi) is 4.43. The van der Waals surface area contributed by atoms with Gasteiger partial charge in [0.15, 0.2) is 0 Å². The van der Waals surface area contributed by atoms with Crippen molar-refractivity contribution in [3.63, 3.8) is 0 Å². The second-order valence-electron chi connectivity index (χ2n) is 6.67. The summed E-state index contributed by atoms with van der Waals surface area (Å²) < 4.78 is 40.1. The summed E-state index contributed by atoms with van der Waals surface area (Å²) in [5.74, 6) is -1.06. The second-order valence-corrected chi connectivity index (χ2v) is 6.67. The molecule has 0 saturated heterocycles. The lowest BCUT2D eigenvalue weighted by Gasteiger charge is -2.28. The van der Waals surface area contributed by atoms with Crippen molar-refractivity contribution in [1.82, 2.24) is 24.6 Å². The number of fused-ring (bicyclic) bond motifs is 1. The molecule has 0 spiro atoms. The van der Waals surface area contributed by atoms with Gasteiger partial charge in [-0.2, -0.15) is 18.3 Å². The molecule has 2 aromatic heterocycles. The van der Waals surface area contributed by atoms with Crippen molar-refractivity contribution in [1.29, 1.82) is 0 Å². The molecule has 1 aromatic carbocycles.